The molecule has 0 fully saturated rings. The third-order valence-corrected chi connectivity index (χ3v) is 8.36. The third-order valence-electron chi connectivity index (χ3n) is 6.33. The van der Waals surface area contributed by atoms with Crippen molar-refractivity contribution < 1.29 is 18.0 Å². The maximum absolute atomic E-state index is 14.0. The Morgan fingerprint density at radius 3 is 2.13 bits per heavy atom. The molecule has 9 heteroatoms. The van der Waals surface area contributed by atoms with Gasteiger partial charge in [0.2, 0.25) is 11.8 Å². The molecule has 0 aliphatic heterocycles. The maximum atomic E-state index is 14.0. The van der Waals surface area contributed by atoms with Crippen molar-refractivity contribution in [1.29, 1.82) is 0 Å². The lowest BCUT2D eigenvalue weighted by atomic mass is 10.1. The molecule has 0 saturated carbocycles. The molecular weight excluding hydrogens is 534 g/mol. The number of para-hydroxylation sites is 1. The second-order valence-corrected chi connectivity index (χ2v) is 12.1. The van der Waals surface area contributed by atoms with Crippen molar-refractivity contribution in [3.05, 3.63) is 95.0 Å². The van der Waals surface area contributed by atoms with Crippen LogP contribution in [0.15, 0.2) is 83.8 Å². The van der Waals surface area contributed by atoms with Crippen LogP contribution in [-0.2, 0) is 26.2 Å². The molecule has 0 aliphatic carbocycles. The van der Waals surface area contributed by atoms with Gasteiger partial charge in [-0.3, -0.25) is 13.9 Å². The van der Waals surface area contributed by atoms with Crippen LogP contribution in [0, 0.1) is 12.8 Å². The molecule has 1 N–H and O–H groups in total. The van der Waals surface area contributed by atoms with Gasteiger partial charge in [-0.05, 0) is 60.7 Å². The van der Waals surface area contributed by atoms with Crippen LogP contribution in [0.5, 0.6) is 0 Å². The minimum Gasteiger partial charge on any atom is -0.354 e. The first-order chi connectivity index (χ1) is 18.5. The molecule has 0 heterocycles. The molecule has 0 saturated heterocycles. The second kappa shape index (κ2) is 13.6. The van der Waals surface area contributed by atoms with Crippen LogP contribution in [-0.4, -0.2) is 44.3 Å². The summed E-state index contributed by atoms with van der Waals surface area (Å²) in [5, 5.41) is 3.48. The van der Waals surface area contributed by atoms with Crippen LogP contribution in [0.25, 0.3) is 0 Å². The van der Waals surface area contributed by atoms with Crippen molar-refractivity contribution in [2.75, 3.05) is 17.4 Å². The first-order valence-corrected chi connectivity index (χ1v) is 14.8. The molecule has 0 radical (unpaired) electrons. The molecule has 2 amide bonds. The van der Waals surface area contributed by atoms with E-state index in [1.54, 1.807) is 67.6 Å². The SMILES string of the molecule is CCC(C(=O)NCC(C)C)N(Cc1ccc(Cl)cc1)C(=O)CN(c1ccccc1C)S(=O)(=O)c1ccccc1. The lowest BCUT2D eigenvalue weighted by Crippen LogP contribution is -2.52. The highest BCUT2D eigenvalue weighted by Crippen LogP contribution is 2.27. The van der Waals surface area contributed by atoms with Crippen molar-refractivity contribution in [3.63, 3.8) is 0 Å². The molecule has 0 spiro atoms. The standard InChI is InChI=1S/C30H36ClN3O4S/c1-5-27(30(36)32-19-22(2)3)33(20-24-15-17-25(31)18-16-24)29(35)21-34(28-14-10-9-11-23(28)4)39(37,38)26-12-7-6-8-13-26/h6-18,22,27H,5,19-21H2,1-4H3,(H,32,36). The van der Waals surface area contributed by atoms with E-state index in [-0.39, 0.29) is 23.3 Å². The van der Waals surface area contributed by atoms with Crippen molar-refractivity contribution in [3.8, 4) is 0 Å². The summed E-state index contributed by atoms with van der Waals surface area (Å²) in [6.07, 6.45) is 0.360. The van der Waals surface area contributed by atoms with Gasteiger partial charge in [0.15, 0.2) is 0 Å². The Morgan fingerprint density at radius 2 is 1.54 bits per heavy atom. The molecule has 208 valence electrons. The summed E-state index contributed by atoms with van der Waals surface area (Å²) < 4.78 is 28.8. The van der Waals surface area contributed by atoms with E-state index >= 15 is 0 Å². The number of anilines is 1. The van der Waals surface area contributed by atoms with Crippen molar-refractivity contribution in [2.45, 2.75) is 51.6 Å². The molecule has 3 aromatic rings. The van der Waals surface area contributed by atoms with E-state index in [0.29, 0.717) is 29.2 Å². The zero-order chi connectivity index (χ0) is 28.6. The molecule has 3 rings (SSSR count). The molecule has 1 unspecified atom stereocenters. The number of aryl methyl sites for hydroxylation is 1. The van der Waals surface area contributed by atoms with Gasteiger partial charge in [0.05, 0.1) is 10.6 Å². The second-order valence-electron chi connectivity index (χ2n) is 9.82. The summed E-state index contributed by atoms with van der Waals surface area (Å²) in [6, 6.07) is 21.3. The van der Waals surface area contributed by atoms with Gasteiger partial charge in [-0.1, -0.05) is 80.9 Å². The number of carbonyl (C=O) groups excluding carboxylic acids is 2. The fraction of sp³-hybridized carbons (Fsp3) is 0.333. The van der Waals surface area contributed by atoms with Crippen LogP contribution in [0.1, 0.15) is 38.3 Å². The Morgan fingerprint density at radius 1 is 0.923 bits per heavy atom. The van der Waals surface area contributed by atoms with Crippen molar-refractivity contribution >= 4 is 39.1 Å². The first-order valence-electron chi connectivity index (χ1n) is 13.0. The maximum Gasteiger partial charge on any atom is 0.264 e. The van der Waals surface area contributed by atoms with Gasteiger partial charge in [0.25, 0.3) is 10.0 Å². The number of rotatable bonds is 12. The van der Waals surface area contributed by atoms with Crippen molar-refractivity contribution in [2.24, 2.45) is 5.92 Å². The smallest absolute Gasteiger partial charge is 0.264 e. The van der Waals surface area contributed by atoms with E-state index in [9.17, 15) is 18.0 Å². The summed E-state index contributed by atoms with van der Waals surface area (Å²) in [5.74, 6) is -0.527. The number of sulfonamides is 1. The van der Waals surface area contributed by atoms with Crippen molar-refractivity contribution in [1.82, 2.24) is 10.2 Å². The Hall–Kier alpha value is -3.36. The highest BCUT2D eigenvalue weighted by Gasteiger charge is 2.34. The highest BCUT2D eigenvalue weighted by molar-refractivity contribution is 7.92. The van der Waals surface area contributed by atoms with Gasteiger partial charge in [0, 0.05) is 18.1 Å². The van der Waals surface area contributed by atoms with E-state index < -0.39 is 28.5 Å². The van der Waals surface area contributed by atoms with Gasteiger partial charge in [-0.15, -0.1) is 0 Å². The molecule has 0 bridgehead atoms. The van der Waals surface area contributed by atoms with Crippen LogP contribution < -0.4 is 9.62 Å². The molecule has 0 aliphatic rings. The first kappa shape index (κ1) is 30.2. The topological polar surface area (TPSA) is 86.8 Å². The van der Waals surface area contributed by atoms with Gasteiger partial charge >= 0.3 is 0 Å². The predicted molar refractivity (Wildman–Crippen MR) is 156 cm³/mol. The molecule has 7 nitrogen and oxygen atoms in total. The monoisotopic (exact) mass is 569 g/mol. The zero-order valence-electron chi connectivity index (χ0n) is 22.8. The summed E-state index contributed by atoms with van der Waals surface area (Å²) in [6.45, 7) is 7.74. The lowest BCUT2D eigenvalue weighted by Gasteiger charge is -2.33. The highest BCUT2D eigenvalue weighted by atomic mass is 35.5. The number of nitrogens with zero attached hydrogens (tertiary/aromatic N) is 2. The van der Waals surface area contributed by atoms with Crippen LogP contribution in [0.3, 0.4) is 0 Å². The summed E-state index contributed by atoms with van der Waals surface area (Å²) in [4.78, 5) is 28.8. The van der Waals surface area contributed by atoms with Crippen LogP contribution in [0.4, 0.5) is 5.69 Å². The minimum atomic E-state index is -4.09. The number of halogens is 1. The minimum absolute atomic E-state index is 0.0759. The summed E-state index contributed by atoms with van der Waals surface area (Å²) >= 11 is 6.06. The molecule has 1 atom stereocenters. The molecule has 0 aromatic heterocycles. The Kier molecular flexibility index (Phi) is 10.5. The van der Waals surface area contributed by atoms with Gasteiger partial charge in [-0.25, -0.2) is 8.42 Å². The van der Waals surface area contributed by atoms with E-state index in [0.717, 1.165) is 9.87 Å². The number of carbonyl (C=O) groups is 2. The number of nitrogens with one attached hydrogen (secondary N) is 1. The Labute approximate surface area is 236 Å². The lowest BCUT2D eigenvalue weighted by molar-refractivity contribution is -0.140. The van der Waals surface area contributed by atoms with Crippen LogP contribution in [0.2, 0.25) is 5.02 Å². The molecule has 3 aromatic carbocycles. The number of hydrogen-bond donors (Lipinski definition) is 1. The number of amides is 2. The Bertz CT molecular complexity index is 1360. The quantitative estimate of drug-likeness (QED) is 0.315. The third kappa shape index (κ3) is 7.83. The Balaban J connectivity index is 2.04. The molecular formula is C30H36ClN3O4S. The summed E-state index contributed by atoms with van der Waals surface area (Å²) in [5.41, 5.74) is 1.88. The fourth-order valence-electron chi connectivity index (χ4n) is 4.20. The van der Waals surface area contributed by atoms with Gasteiger partial charge in [-0.2, -0.15) is 0 Å². The number of hydrogen-bond acceptors (Lipinski definition) is 4. The average Bonchev–Trinajstić information content (AvgIpc) is 2.92. The largest absolute Gasteiger partial charge is 0.354 e. The van der Waals surface area contributed by atoms with E-state index in [1.807, 2.05) is 26.8 Å². The van der Waals surface area contributed by atoms with E-state index in [4.69, 9.17) is 11.6 Å². The number of benzene rings is 3. The van der Waals surface area contributed by atoms with Gasteiger partial charge in [0.1, 0.15) is 12.6 Å². The van der Waals surface area contributed by atoms with E-state index in [1.165, 1.54) is 17.0 Å². The fourth-order valence-corrected chi connectivity index (χ4v) is 5.83. The normalized spacial score (nSPS) is 12.2. The van der Waals surface area contributed by atoms with E-state index in [2.05, 4.69) is 5.32 Å². The predicted octanol–water partition coefficient (Wildman–Crippen LogP) is 5.42. The molecule has 39 heavy (non-hydrogen) atoms. The van der Waals surface area contributed by atoms with Gasteiger partial charge < -0.3 is 10.2 Å². The average molecular weight is 570 g/mol. The van der Waals surface area contributed by atoms with Crippen LogP contribution >= 0.6 is 11.6 Å². The zero-order valence-corrected chi connectivity index (χ0v) is 24.4. The summed E-state index contributed by atoms with van der Waals surface area (Å²) in [7, 11) is -4.09.